The van der Waals surface area contributed by atoms with Gasteiger partial charge in [-0.15, -0.1) is 0 Å². The minimum atomic E-state index is 0.715. The number of nitrogens with zero attached hydrogens (tertiary/aromatic N) is 2. The van der Waals surface area contributed by atoms with Crippen molar-refractivity contribution >= 4 is 28.4 Å². The molecule has 0 saturated carbocycles. The molecule has 2 aromatic rings. The maximum Gasteiger partial charge on any atom is 0.190 e. The number of thiazole rings is 1. The lowest BCUT2D eigenvalue weighted by Crippen LogP contribution is -2.18. The molecule has 1 aromatic heterocycles. The quantitative estimate of drug-likeness (QED) is 0.740. The van der Waals surface area contributed by atoms with Crippen molar-refractivity contribution in [2.75, 3.05) is 11.4 Å². The molecule has 0 amide bonds. The zero-order valence-electron chi connectivity index (χ0n) is 11.3. The lowest BCUT2D eigenvalue weighted by atomic mass is 10.2. The van der Waals surface area contributed by atoms with Crippen LogP contribution < -0.4 is 4.90 Å². The van der Waals surface area contributed by atoms with Gasteiger partial charge in [-0.2, -0.15) is 0 Å². The third-order valence-corrected chi connectivity index (χ3v) is 4.07. The summed E-state index contributed by atoms with van der Waals surface area (Å²) < 4.78 is 0. The maximum absolute atomic E-state index is 11.0. The van der Waals surface area contributed by atoms with Crippen LogP contribution in [0.1, 0.15) is 35.1 Å². The summed E-state index contributed by atoms with van der Waals surface area (Å²) >= 11 is 1.46. The van der Waals surface area contributed by atoms with Crippen molar-refractivity contribution in [2.45, 2.75) is 26.7 Å². The van der Waals surface area contributed by atoms with Gasteiger partial charge in [-0.05, 0) is 25.5 Å². The summed E-state index contributed by atoms with van der Waals surface area (Å²) in [5.41, 5.74) is 1.94. The highest BCUT2D eigenvalue weighted by molar-refractivity contribution is 7.17. The fourth-order valence-corrected chi connectivity index (χ4v) is 2.81. The number of rotatable bonds is 6. The first-order valence-electron chi connectivity index (χ1n) is 6.51. The molecule has 1 aromatic carbocycles. The fourth-order valence-electron chi connectivity index (χ4n) is 1.88. The number of para-hydroxylation sites is 1. The van der Waals surface area contributed by atoms with Crippen LogP contribution in [0.15, 0.2) is 30.3 Å². The van der Waals surface area contributed by atoms with Crippen molar-refractivity contribution in [1.82, 2.24) is 4.98 Å². The zero-order valence-corrected chi connectivity index (χ0v) is 12.1. The van der Waals surface area contributed by atoms with Gasteiger partial charge in [0, 0.05) is 12.2 Å². The molecule has 4 heteroatoms. The van der Waals surface area contributed by atoms with E-state index < -0.39 is 0 Å². The summed E-state index contributed by atoms with van der Waals surface area (Å²) in [5, 5.41) is 0.902. The van der Waals surface area contributed by atoms with E-state index in [0.717, 1.165) is 42.2 Å². The normalized spacial score (nSPS) is 10.4. The summed E-state index contributed by atoms with van der Waals surface area (Å²) in [7, 11) is 0. The van der Waals surface area contributed by atoms with Crippen LogP contribution in [0.4, 0.5) is 10.8 Å². The van der Waals surface area contributed by atoms with Crippen LogP contribution in [0.3, 0.4) is 0 Å². The second-order valence-electron chi connectivity index (χ2n) is 4.40. The van der Waals surface area contributed by atoms with Gasteiger partial charge in [0.15, 0.2) is 11.4 Å². The van der Waals surface area contributed by atoms with Crippen LogP contribution in [0, 0.1) is 6.92 Å². The number of hydrogen-bond acceptors (Lipinski definition) is 4. The Morgan fingerprint density at radius 3 is 2.63 bits per heavy atom. The monoisotopic (exact) mass is 274 g/mol. The zero-order chi connectivity index (χ0) is 13.7. The third kappa shape index (κ3) is 3.20. The van der Waals surface area contributed by atoms with Gasteiger partial charge in [0.05, 0.1) is 10.6 Å². The number of aromatic nitrogens is 1. The molecular formula is C15H18N2OS. The standard InChI is InChI=1S/C15H18N2OS/c1-3-4-10-17(13-8-6-5-7-9-13)15-16-12(2)14(11-18)19-15/h5-9,11H,3-4,10H2,1-2H3. The summed E-state index contributed by atoms with van der Waals surface area (Å²) in [5.74, 6) is 0. The second kappa shape index (κ2) is 6.48. The smallest absolute Gasteiger partial charge is 0.190 e. The minimum absolute atomic E-state index is 0.715. The van der Waals surface area contributed by atoms with Gasteiger partial charge in [-0.3, -0.25) is 4.79 Å². The Balaban J connectivity index is 2.34. The van der Waals surface area contributed by atoms with Crippen molar-refractivity contribution < 1.29 is 4.79 Å². The van der Waals surface area contributed by atoms with E-state index >= 15 is 0 Å². The van der Waals surface area contributed by atoms with Gasteiger partial charge in [0.25, 0.3) is 0 Å². The summed E-state index contributed by atoms with van der Waals surface area (Å²) in [6, 6.07) is 10.2. The van der Waals surface area contributed by atoms with E-state index in [1.165, 1.54) is 11.3 Å². The highest BCUT2D eigenvalue weighted by atomic mass is 32.1. The van der Waals surface area contributed by atoms with Gasteiger partial charge in [0.1, 0.15) is 0 Å². The molecule has 100 valence electrons. The first kappa shape index (κ1) is 13.7. The minimum Gasteiger partial charge on any atom is -0.318 e. The molecule has 19 heavy (non-hydrogen) atoms. The van der Waals surface area contributed by atoms with Crippen LogP contribution in [-0.2, 0) is 0 Å². The summed E-state index contributed by atoms with van der Waals surface area (Å²) in [6.07, 6.45) is 3.12. The third-order valence-electron chi connectivity index (χ3n) is 2.96. The number of aldehydes is 1. The van der Waals surface area contributed by atoms with Gasteiger partial charge >= 0.3 is 0 Å². The van der Waals surface area contributed by atoms with Crippen LogP contribution >= 0.6 is 11.3 Å². The van der Waals surface area contributed by atoms with Crippen LogP contribution in [0.25, 0.3) is 0 Å². The Hall–Kier alpha value is -1.68. The number of carbonyl (C=O) groups is 1. The van der Waals surface area contributed by atoms with Crippen molar-refractivity contribution in [3.63, 3.8) is 0 Å². The topological polar surface area (TPSA) is 33.2 Å². The Labute approximate surface area is 117 Å². The van der Waals surface area contributed by atoms with E-state index in [4.69, 9.17) is 0 Å². The Bertz CT molecular complexity index is 536. The van der Waals surface area contributed by atoms with Crippen LogP contribution in [-0.4, -0.2) is 17.8 Å². The predicted molar refractivity (Wildman–Crippen MR) is 80.6 cm³/mol. The molecule has 0 aliphatic heterocycles. The van der Waals surface area contributed by atoms with Gasteiger partial charge in [0.2, 0.25) is 0 Å². The predicted octanol–water partition coefficient (Wildman–Crippen LogP) is 4.20. The van der Waals surface area contributed by atoms with E-state index in [1.54, 1.807) is 0 Å². The molecule has 0 aliphatic rings. The number of aryl methyl sites for hydroxylation is 1. The van der Waals surface area contributed by atoms with Crippen molar-refractivity contribution in [1.29, 1.82) is 0 Å². The molecule has 0 saturated heterocycles. The maximum atomic E-state index is 11.0. The van der Waals surface area contributed by atoms with Crippen molar-refractivity contribution in [3.05, 3.63) is 40.9 Å². The lowest BCUT2D eigenvalue weighted by Gasteiger charge is -2.21. The average molecular weight is 274 g/mol. The highest BCUT2D eigenvalue weighted by Gasteiger charge is 2.15. The molecule has 3 nitrogen and oxygen atoms in total. The van der Waals surface area contributed by atoms with E-state index in [9.17, 15) is 4.79 Å². The Kier molecular flexibility index (Phi) is 4.68. The summed E-state index contributed by atoms with van der Waals surface area (Å²) in [6.45, 7) is 4.98. The molecule has 0 aliphatic carbocycles. The lowest BCUT2D eigenvalue weighted by molar-refractivity contribution is 0.112. The van der Waals surface area contributed by atoms with E-state index in [-0.39, 0.29) is 0 Å². The first-order valence-corrected chi connectivity index (χ1v) is 7.33. The molecule has 0 atom stereocenters. The molecule has 0 bridgehead atoms. The Morgan fingerprint density at radius 2 is 2.05 bits per heavy atom. The van der Waals surface area contributed by atoms with E-state index in [2.05, 4.69) is 28.9 Å². The van der Waals surface area contributed by atoms with Crippen LogP contribution in [0.2, 0.25) is 0 Å². The van der Waals surface area contributed by atoms with Crippen LogP contribution in [0.5, 0.6) is 0 Å². The Morgan fingerprint density at radius 1 is 1.32 bits per heavy atom. The second-order valence-corrected chi connectivity index (χ2v) is 5.41. The fraction of sp³-hybridized carbons (Fsp3) is 0.333. The molecule has 0 radical (unpaired) electrons. The largest absolute Gasteiger partial charge is 0.318 e. The molecule has 0 N–H and O–H groups in total. The number of unbranched alkanes of at least 4 members (excludes halogenated alkanes) is 1. The van der Waals surface area contributed by atoms with Gasteiger partial charge < -0.3 is 4.90 Å². The van der Waals surface area contributed by atoms with Gasteiger partial charge in [-0.25, -0.2) is 4.98 Å². The molecule has 0 unspecified atom stereocenters. The van der Waals surface area contributed by atoms with E-state index in [0.29, 0.717) is 4.88 Å². The summed E-state index contributed by atoms with van der Waals surface area (Å²) in [4.78, 5) is 18.4. The molecule has 0 fully saturated rings. The van der Waals surface area contributed by atoms with Crippen molar-refractivity contribution in [3.8, 4) is 0 Å². The van der Waals surface area contributed by atoms with Crippen molar-refractivity contribution in [2.24, 2.45) is 0 Å². The number of carbonyl (C=O) groups excluding carboxylic acids is 1. The van der Waals surface area contributed by atoms with Gasteiger partial charge in [-0.1, -0.05) is 42.9 Å². The molecular weight excluding hydrogens is 256 g/mol. The SMILES string of the molecule is CCCCN(c1ccccc1)c1nc(C)c(C=O)s1. The highest BCUT2D eigenvalue weighted by Crippen LogP contribution is 2.31. The number of anilines is 2. The molecule has 2 rings (SSSR count). The molecule has 0 spiro atoms. The number of hydrogen-bond donors (Lipinski definition) is 0. The average Bonchev–Trinajstić information content (AvgIpc) is 2.81. The first-order chi connectivity index (χ1) is 9.26. The van der Waals surface area contributed by atoms with E-state index in [1.807, 2.05) is 25.1 Å². The molecule has 1 heterocycles. The number of benzene rings is 1.